The molecule has 2 heterocycles. The number of aliphatic hydroxyl groups excluding tert-OH is 3. The minimum Gasteiger partial charge on any atom is -0.516 e. The summed E-state index contributed by atoms with van der Waals surface area (Å²) in [6.07, 6.45) is 1.89. The van der Waals surface area contributed by atoms with Gasteiger partial charge in [0.05, 0.1) is 19.0 Å². The van der Waals surface area contributed by atoms with Gasteiger partial charge >= 0.3 is 5.69 Å². The maximum absolute atomic E-state index is 12.0. The van der Waals surface area contributed by atoms with E-state index in [2.05, 4.69) is 4.98 Å². The summed E-state index contributed by atoms with van der Waals surface area (Å²) in [5.41, 5.74) is -2.13. The normalized spacial score (nSPS) is 29.3. The molecule has 8 heteroatoms. The fraction of sp³-hybridized carbons (Fsp3) is 0.538. The molecule has 0 spiro atoms. The largest absolute Gasteiger partial charge is 0.516 e. The van der Waals surface area contributed by atoms with E-state index in [-0.39, 0.29) is 12.8 Å². The molecular weight excluding hydrogens is 280 g/mol. The van der Waals surface area contributed by atoms with E-state index in [1.54, 1.807) is 6.92 Å². The number of aliphatic hydroxyl groups is 3. The van der Waals surface area contributed by atoms with Crippen molar-refractivity contribution in [2.24, 2.45) is 0 Å². The molecule has 1 aliphatic rings. The van der Waals surface area contributed by atoms with Crippen LogP contribution in [0.25, 0.3) is 0 Å². The number of aromatic nitrogens is 2. The Labute approximate surface area is 119 Å². The van der Waals surface area contributed by atoms with Gasteiger partial charge in [0.1, 0.15) is 6.10 Å². The summed E-state index contributed by atoms with van der Waals surface area (Å²) in [5, 5.41) is 28.0. The van der Waals surface area contributed by atoms with Crippen molar-refractivity contribution in [1.29, 1.82) is 0 Å². The van der Waals surface area contributed by atoms with Gasteiger partial charge in [-0.05, 0) is 13.0 Å². The second-order valence-electron chi connectivity index (χ2n) is 5.09. The molecule has 0 unspecified atom stereocenters. The molecule has 0 saturated carbocycles. The third kappa shape index (κ3) is 2.78. The Balaban J connectivity index is 2.54. The lowest BCUT2D eigenvalue weighted by Crippen LogP contribution is -2.44. The maximum atomic E-state index is 12.0. The van der Waals surface area contributed by atoms with Crippen molar-refractivity contribution in [3.63, 3.8) is 0 Å². The van der Waals surface area contributed by atoms with Crippen LogP contribution in [-0.4, -0.2) is 43.7 Å². The van der Waals surface area contributed by atoms with Gasteiger partial charge in [0.25, 0.3) is 5.56 Å². The number of H-pyrrole nitrogens is 1. The smallest absolute Gasteiger partial charge is 0.330 e. The van der Waals surface area contributed by atoms with Crippen molar-refractivity contribution >= 4 is 0 Å². The fourth-order valence-corrected chi connectivity index (χ4v) is 2.52. The number of hydrogen-bond acceptors (Lipinski definition) is 6. The van der Waals surface area contributed by atoms with Crippen molar-refractivity contribution in [1.82, 2.24) is 9.55 Å². The van der Waals surface area contributed by atoms with Gasteiger partial charge in [-0.1, -0.05) is 0 Å². The molecule has 3 atom stereocenters. The fourth-order valence-electron chi connectivity index (χ4n) is 2.52. The lowest BCUT2D eigenvalue weighted by atomic mass is 10.0. The Kier molecular flexibility index (Phi) is 4.31. The van der Waals surface area contributed by atoms with Crippen LogP contribution in [-0.2, 0) is 10.5 Å². The minimum atomic E-state index is -1.27. The molecular formula is C13H18N2O6. The number of aromatic amines is 1. The molecule has 2 rings (SSSR count). The predicted molar refractivity (Wildman–Crippen MR) is 73.0 cm³/mol. The monoisotopic (exact) mass is 298 g/mol. The first-order chi connectivity index (χ1) is 9.93. The second-order valence-corrected chi connectivity index (χ2v) is 5.09. The highest BCUT2D eigenvalue weighted by molar-refractivity contribution is 5.06. The Morgan fingerprint density at radius 3 is 2.86 bits per heavy atom. The first-order valence-corrected chi connectivity index (χ1v) is 6.52. The van der Waals surface area contributed by atoms with Gasteiger partial charge in [-0.3, -0.25) is 14.3 Å². The highest BCUT2D eigenvalue weighted by Crippen LogP contribution is 2.37. The third-order valence-electron chi connectivity index (χ3n) is 3.61. The molecule has 1 fully saturated rings. The average molecular weight is 298 g/mol. The average Bonchev–Trinajstić information content (AvgIpc) is 2.78. The summed E-state index contributed by atoms with van der Waals surface area (Å²) in [5.74, 6) is 0. The molecule has 1 aromatic rings. The minimum absolute atomic E-state index is 0.0496. The molecule has 21 heavy (non-hydrogen) atoms. The van der Waals surface area contributed by atoms with Crippen LogP contribution < -0.4 is 11.2 Å². The quantitative estimate of drug-likeness (QED) is 0.534. The van der Waals surface area contributed by atoms with Crippen molar-refractivity contribution in [3.05, 3.63) is 44.9 Å². The Morgan fingerprint density at radius 2 is 2.29 bits per heavy atom. The summed E-state index contributed by atoms with van der Waals surface area (Å²) >= 11 is 0. The van der Waals surface area contributed by atoms with Crippen LogP contribution in [0, 0.1) is 6.92 Å². The highest BCUT2D eigenvalue weighted by atomic mass is 16.6. The molecule has 1 saturated heterocycles. The molecule has 4 N–H and O–H groups in total. The molecule has 0 bridgehead atoms. The molecule has 0 aliphatic carbocycles. The van der Waals surface area contributed by atoms with Crippen molar-refractivity contribution in [2.75, 3.05) is 6.61 Å². The molecule has 1 aromatic heterocycles. The van der Waals surface area contributed by atoms with Crippen LogP contribution in [0.3, 0.4) is 0 Å². The Bertz CT molecular complexity index is 649. The zero-order valence-electron chi connectivity index (χ0n) is 11.5. The summed E-state index contributed by atoms with van der Waals surface area (Å²) in [6.45, 7) is 1.14. The second kappa shape index (κ2) is 5.84. The van der Waals surface area contributed by atoms with Crippen molar-refractivity contribution < 1.29 is 20.1 Å². The van der Waals surface area contributed by atoms with Crippen molar-refractivity contribution in [3.8, 4) is 0 Å². The highest BCUT2D eigenvalue weighted by Gasteiger charge is 2.47. The maximum Gasteiger partial charge on any atom is 0.330 e. The predicted octanol–water partition coefficient (Wildman–Crippen LogP) is -0.898. The van der Waals surface area contributed by atoms with Crippen molar-refractivity contribution in [2.45, 2.75) is 37.7 Å². The van der Waals surface area contributed by atoms with Crippen LogP contribution in [0.4, 0.5) is 0 Å². The SMILES string of the molecule is Cc1cn([C@@]2(CC=CO)C[C@H](O)[C@@H](CO)O2)c(=O)[nH]c1=O. The standard InChI is InChI=1S/C13H18N2O6/c1-8-6-15(12(20)14-11(8)19)13(3-2-4-16)5-9(18)10(7-17)21-13/h2,4,6,9-10,16-18H,3,5,7H2,1H3,(H,14,19,20)/t9-,10+,13+/m0/s1. The number of hydrogen-bond donors (Lipinski definition) is 4. The molecule has 8 nitrogen and oxygen atoms in total. The lowest BCUT2D eigenvalue weighted by Gasteiger charge is -2.30. The first-order valence-electron chi connectivity index (χ1n) is 6.52. The zero-order chi connectivity index (χ0) is 15.6. The van der Waals surface area contributed by atoms with Crippen LogP contribution in [0.5, 0.6) is 0 Å². The van der Waals surface area contributed by atoms with E-state index in [4.69, 9.17) is 9.84 Å². The zero-order valence-corrected chi connectivity index (χ0v) is 11.5. The molecule has 0 aromatic carbocycles. The van der Waals surface area contributed by atoms with Crippen LogP contribution in [0.1, 0.15) is 18.4 Å². The summed E-state index contributed by atoms with van der Waals surface area (Å²) in [6, 6.07) is 0. The van der Waals surface area contributed by atoms with Crippen LogP contribution in [0.15, 0.2) is 28.1 Å². The summed E-state index contributed by atoms with van der Waals surface area (Å²) in [4.78, 5) is 25.7. The van der Waals surface area contributed by atoms with E-state index >= 15 is 0 Å². The molecule has 116 valence electrons. The molecule has 0 amide bonds. The van der Waals surface area contributed by atoms with Gasteiger partial charge in [0, 0.05) is 24.6 Å². The van der Waals surface area contributed by atoms with E-state index in [0.29, 0.717) is 5.56 Å². The van der Waals surface area contributed by atoms with E-state index in [1.807, 2.05) is 0 Å². The number of ether oxygens (including phenoxy) is 1. The summed E-state index contributed by atoms with van der Waals surface area (Å²) < 4.78 is 6.84. The van der Waals surface area contributed by atoms with Gasteiger partial charge in [-0.15, -0.1) is 0 Å². The molecule has 1 aliphatic heterocycles. The van der Waals surface area contributed by atoms with E-state index in [1.165, 1.54) is 16.8 Å². The number of nitrogens with one attached hydrogen (secondary N) is 1. The number of aryl methyl sites for hydroxylation is 1. The molecule has 0 radical (unpaired) electrons. The number of nitrogens with zero attached hydrogens (tertiary/aromatic N) is 1. The van der Waals surface area contributed by atoms with Crippen LogP contribution >= 0.6 is 0 Å². The van der Waals surface area contributed by atoms with Gasteiger partial charge in [-0.25, -0.2) is 4.79 Å². The lowest BCUT2D eigenvalue weighted by molar-refractivity contribution is -0.117. The first kappa shape index (κ1) is 15.5. The number of rotatable bonds is 4. The van der Waals surface area contributed by atoms with E-state index in [9.17, 15) is 19.8 Å². The topological polar surface area (TPSA) is 125 Å². The summed E-state index contributed by atoms with van der Waals surface area (Å²) in [7, 11) is 0. The Morgan fingerprint density at radius 1 is 1.57 bits per heavy atom. The van der Waals surface area contributed by atoms with Crippen LogP contribution in [0.2, 0.25) is 0 Å². The van der Waals surface area contributed by atoms with E-state index < -0.39 is 35.8 Å². The van der Waals surface area contributed by atoms with Gasteiger partial charge < -0.3 is 20.1 Å². The van der Waals surface area contributed by atoms with Gasteiger partial charge in [-0.2, -0.15) is 0 Å². The van der Waals surface area contributed by atoms with Gasteiger partial charge in [0.15, 0.2) is 5.72 Å². The Hall–Kier alpha value is -1.90. The van der Waals surface area contributed by atoms with Gasteiger partial charge in [0.2, 0.25) is 0 Å². The van der Waals surface area contributed by atoms with E-state index in [0.717, 1.165) is 6.26 Å². The third-order valence-corrected chi connectivity index (χ3v) is 3.61.